The average molecular weight is 308 g/mol. The zero-order chi connectivity index (χ0) is 12.4. The maximum atomic E-state index is 3.81. The van der Waals surface area contributed by atoms with Crippen LogP contribution in [0.2, 0.25) is 0 Å². The largest absolute Gasteiger partial charge is 0.313 e. The summed E-state index contributed by atoms with van der Waals surface area (Å²) in [5.41, 5.74) is 3.09. The van der Waals surface area contributed by atoms with Crippen LogP contribution in [0, 0.1) is 5.92 Å². The highest BCUT2D eigenvalue weighted by Gasteiger charge is 2.20. The van der Waals surface area contributed by atoms with Crippen molar-refractivity contribution >= 4 is 15.9 Å². The molecule has 3 rings (SSSR count). The molecule has 0 spiro atoms. The number of benzene rings is 1. The van der Waals surface area contributed by atoms with E-state index in [1.54, 1.807) is 11.1 Å². The number of nitrogens with one attached hydrogen (secondary N) is 1. The molecule has 1 aromatic carbocycles. The van der Waals surface area contributed by atoms with Crippen LogP contribution in [0.4, 0.5) is 0 Å². The molecule has 1 unspecified atom stereocenters. The predicted octanol–water partition coefficient (Wildman–Crippen LogP) is 4.09. The Morgan fingerprint density at radius 2 is 1.94 bits per heavy atom. The Hall–Kier alpha value is -0.340. The van der Waals surface area contributed by atoms with Gasteiger partial charge in [0.1, 0.15) is 0 Å². The summed E-state index contributed by atoms with van der Waals surface area (Å²) in [6.45, 7) is 1.25. The fourth-order valence-corrected chi connectivity index (χ4v) is 3.85. The highest BCUT2D eigenvalue weighted by Crippen LogP contribution is 2.27. The van der Waals surface area contributed by atoms with E-state index in [0.717, 1.165) is 5.92 Å². The number of fused-ring (bicyclic) bond motifs is 1. The van der Waals surface area contributed by atoms with Crippen LogP contribution in [0.25, 0.3) is 0 Å². The molecule has 2 aliphatic carbocycles. The third-order valence-corrected chi connectivity index (χ3v) is 5.06. The molecular formula is C16H22BrN. The van der Waals surface area contributed by atoms with Crippen LogP contribution < -0.4 is 5.32 Å². The van der Waals surface area contributed by atoms with E-state index in [9.17, 15) is 0 Å². The first kappa shape index (κ1) is 12.7. The molecule has 1 aromatic rings. The Bertz CT molecular complexity index is 410. The van der Waals surface area contributed by atoms with Crippen LogP contribution >= 0.6 is 15.9 Å². The molecule has 1 N–H and O–H groups in total. The van der Waals surface area contributed by atoms with Crippen molar-refractivity contribution in [3.8, 4) is 0 Å². The summed E-state index contributed by atoms with van der Waals surface area (Å²) in [4.78, 5) is 0. The summed E-state index contributed by atoms with van der Waals surface area (Å²) in [6.07, 6.45) is 9.55. The fraction of sp³-hybridized carbons (Fsp3) is 0.625. The van der Waals surface area contributed by atoms with Crippen molar-refractivity contribution < 1.29 is 0 Å². The summed E-state index contributed by atoms with van der Waals surface area (Å²) >= 11 is 3.57. The third kappa shape index (κ3) is 2.97. The molecule has 0 aromatic heterocycles. The lowest BCUT2D eigenvalue weighted by molar-refractivity contribution is 0.402. The first-order valence-corrected chi connectivity index (χ1v) is 8.11. The first-order chi connectivity index (χ1) is 8.81. The molecule has 18 heavy (non-hydrogen) atoms. The molecule has 98 valence electrons. The normalized spacial score (nSPS) is 24.2. The number of hydrogen-bond acceptors (Lipinski definition) is 1. The Morgan fingerprint density at radius 3 is 2.78 bits per heavy atom. The van der Waals surface area contributed by atoms with Crippen LogP contribution in [0.15, 0.2) is 22.7 Å². The van der Waals surface area contributed by atoms with E-state index in [4.69, 9.17) is 0 Å². The van der Waals surface area contributed by atoms with Gasteiger partial charge in [0.2, 0.25) is 0 Å². The second-order valence-electron chi connectivity index (χ2n) is 5.91. The van der Waals surface area contributed by atoms with E-state index in [1.807, 2.05) is 0 Å². The molecule has 0 radical (unpaired) electrons. The van der Waals surface area contributed by atoms with E-state index in [2.05, 4.69) is 39.4 Å². The molecule has 0 aliphatic heterocycles. The van der Waals surface area contributed by atoms with E-state index in [1.165, 1.54) is 56.0 Å². The first-order valence-electron chi connectivity index (χ1n) is 7.32. The minimum atomic E-state index is 0.708. The van der Waals surface area contributed by atoms with Gasteiger partial charge in [0.25, 0.3) is 0 Å². The van der Waals surface area contributed by atoms with Crippen LogP contribution in [0.3, 0.4) is 0 Å². The summed E-state index contributed by atoms with van der Waals surface area (Å²) in [7, 11) is 0. The van der Waals surface area contributed by atoms with Crippen molar-refractivity contribution in [3.05, 3.63) is 33.8 Å². The molecule has 2 aliphatic rings. The maximum Gasteiger partial charge on any atom is 0.0178 e. The summed E-state index contributed by atoms with van der Waals surface area (Å²) in [5, 5.41) is 3.81. The summed E-state index contributed by atoms with van der Waals surface area (Å²) in [5.74, 6) is 0.955. The molecular weight excluding hydrogens is 286 g/mol. The van der Waals surface area contributed by atoms with Crippen LogP contribution in [-0.4, -0.2) is 12.6 Å². The zero-order valence-corrected chi connectivity index (χ0v) is 12.5. The summed E-state index contributed by atoms with van der Waals surface area (Å²) in [6, 6.07) is 7.48. The minimum absolute atomic E-state index is 0.708. The van der Waals surface area contributed by atoms with Gasteiger partial charge in [-0.15, -0.1) is 0 Å². The van der Waals surface area contributed by atoms with Crippen molar-refractivity contribution in [1.82, 2.24) is 5.32 Å². The van der Waals surface area contributed by atoms with Crippen LogP contribution in [0.1, 0.15) is 43.2 Å². The second-order valence-corrected chi connectivity index (χ2v) is 6.83. The van der Waals surface area contributed by atoms with Crippen LogP contribution in [0.5, 0.6) is 0 Å². The number of rotatable bonds is 3. The number of hydrogen-bond donors (Lipinski definition) is 1. The van der Waals surface area contributed by atoms with Gasteiger partial charge in [0.05, 0.1) is 0 Å². The van der Waals surface area contributed by atoms with Crippen LogP contribution in [-0.2, 0) is 12.8 Å². The molecule has 1 fully saturated rings. The predicted molar refractivity (Wildman–Crippen MR) is 79.9 cm³/mol. The van der Waals surface area contributed by atoms with E-state index in [0.29, 0.717) is 6.04 Å². The van der Waals surface area contributed by atoms with Crippen molar-refractivity contribution in [1.29, 1.82) is 0 Å². The van der Waals surface area contributed by atoms with Crippen molar-refractivity contribution in [2.45, 2.75) is 51.0 Å². The number of aryl methyl sites for hydroxylation is 1. The average Bonchev–Trinajstić information content (AvgIpc) is 2.89. The van der Waals surface area contributed by atoms with Crippen molar-refractivity contribution in [2.75, 3.05) is 6.54 Å². The monoisotopic (exact) mass is 307 g/mol. The molecule has 2 heteroatoms. The highest BCUT2D eigenvalue weighted by atomic mass is 79.9. The quantitative estimate of drug-likeness (QED) is 0.887. The third-order valence-electron chi connectivity index (χ3n) is 4.57. The number of halogens is 1. The lowest BCUT2D eigenvalue weighted by Crippen LogP contribution is -2.37. The second kappa shape index (κ2) is 5.75. The fourth-order valence-electron chi connectivity index (χ4n) is 3.45. The smallest absolute Gasteiger partial charge is 0.0178 e. The minimum Gasteiger partial charge on any atom is -0.313 e. The van der Waals surface area contributed by atoms with E-state index in [-0.39, 0.29) is 0 Å². The molecule has 1 atom stereocenters. The van der Waals surface area contributed by atoms with Gasteiger partial charge in [-0.25, -0.2) is 0 Å². The molecule has 1 nitrogen and oxygen atoms in total. The Balaban J connectivity index is 1.55. The Labute approximate surface area is 118 Å². The van der Waals surface area contributed by atoms with Gasteiger partial charge in [-0.2, -0.15) is 0 Å². The van der Waals surface area contributed by atoms with Gasteiger partial charge in [0, 0.05) is 10.5 Å². The Kier molecular flexibility index (Phi) is 4.05. The topological polar surface area (TPSA) is 12.0 Å². The van der Waals surface area contributed by atoms with Gasteiger partial charge in [-0.1, -0.05) is 34.8 Å². The molecule has 0 heterocycles. The zero-order valence-electron chi connectivity index (χ0n) is 10.9. The SMILES string of the molecule is Brc1ccc2c(c1)CCC(NCC1CCCC1)C2. The van der Waals surface area contributed by atoms with Gasteiger partial charge < -0.3 is 5.32 Å². The van der Waals surface area contributed by atoms with E-state index < -0.39 is 0 Å². The lowest BCUT2D eigenvalue weighted by atomic mass is 9.88. The standard InChI is InChI=1S/C16H22BrN/c17-15-7-5-14-10-16(8-6-13(14)9-15)18-11-12-3-1-2-4-12/h5,7,9,12,16,18H,1-4,6,8,10-11H2. The van der Waals surface area contributed by atoms with Gasteiger partial charge >= 0.3 is 0 Å². The summed E-state index contributed by atoms with van der Waals surface area (Å²) < 4.78 is 1.22. The van der Waals surface area contributed by atoms with E-state index >= 15 is 0 Å². The molecule has 0 bridgehead atoms. The molecule has 0 amide bonds. The Morgan fingerprint density at radius 1 is 1.11 bits per heavy atom. The van der Waals surface area contributed by atoms with Gasteiger partial charge in [0.15, 0.2) is 0 Å². The van der Waals surface area contributed by atoms with Gasteiger partial charge in [-0.3, -0.25) is 0 Å². The molecule has 0 saturated heterocycles. The lowest BCUT2D eigenvalue weighted by Gasteiger charge is -2.27. The molecule has 1 saturated carbocycles. The van der Waals surface area contributed by atoms with Crippen molar-refractivity contribution in [3.63, 3.8) is 0 Å². The maximum absolute atomic E-state index is 3.81. The van der Waals surface area contributed by atoms with Crippen molar-refractivity contribution in [2.24, 2.45) is 5.92 Å². The van der Waals surface area contributed by atoms with Gasteiger partial charge in [-0.05, 0) is 67.8 Å². The highest BCUT2D eigenvalue weighted by molar-refractivity contribution is 9.10.